The quantitative estimate of drug-likeness (QED) is 0.640. The number of rotatable bonds is 5. The molecule has 20 heavy (non-hydrogen) atoms. The van der Waals surface area contributed by atoms with Crippen LogP contribution in [0.4, 0.5) is 0 Å². The summed E-state index contributed by atoms with van der Waals surface area (Å²) in [5.74, 6) is 0.853. The second-order valence-electron chi connectivity index (χ2n) is 5.20. The van der Waals surface area contributed by atoms with Gasteiger partial charge in [0.2, 0.25) is 0 Å². The number of nitrogens with one attached hydrogen (secondary N) is 2. The van der Waals surface area contributed by atoms with Gasteiger partial charge in [0.1, 0.15) is 0 Å². The van der Waals surface area contributed by atoms with Crippen LogP contribution < -0.4 is 10.6 Å². The molecule has 1 fully saturated rings. The molecule has 0 aromatic heterocycles. The van der Waals surface area contributed by atoms with Gasteiger partial charge in [0.15, 0.2) is 5.96 Å². The molecule has 0 radical (unpaired) electrons. The molecule has 1 aliphatic rings. The second kappa shape index (κ2) is 7.90. The maximum absolute atomic E-state index is 5.61. The fourth-order valence-corrected chi connectivity index (χ4v) is 2.43. The molecule has 0 aliphatic carbocycles. The number of hydrogen-bond donors (Lipinski definition) is 2. The molecule has 1 unspecified atom stereocenters. The van der Waals surface area contributed by atoms with Crippen LogP contribution in [0.2, 0.25) is 0 Å². The van der Waals surface area contributed by atoms with E-state index in [0.717, 1.165) is 32.1 Å². The van der Waals surface area contributed by atoms with Crippen LogP contribution in [0, 0.1) is 6.92 Å². The van der Waals surface area contributed by atoms with Crippen molar-refractivity contribution in [2.75, 3.05) is 20.2 Å². The summed E-state index contributed by atoms with van der Waals surface area (Å²) >= 11 is 0. The summed E-state index contributed by atoms with van der Waals surface area (Å²) in [6.07, 6.45) is 3.87. The lowest BCUT2D eigenvalue weighted by atomic mass is 10.1. The van der Waals surface area contributed by atoms with E-state index in [4.69, 9.17) is 4.74 Å². The third-order valence-electron chi connectivity index (χ3n) is 3.71. The summed E-state index contributed by atoms with van der Waals surface area (Å²) in [6.45, 7) is 4.75. The first-order valence-electron chi connectivity index (χ1n) is 7.40. The van der Waals surface area contributed by atoms with Gasteiger partial charge in [-0.15, -0.1) is 0 Å². The topological polar surface area (TPSA) is 45.7 Å². The predicted octanol–water partition coefficient (Wildman–Crippen LogP) is 2.23. The zero-order chi connectivity index (χ0) is 14.2. The third-order valence-corrected chi connectivity index (χ3v) is 3.71. The lowest BCUT2D eigenvalue weighted by molar-refractivity contribution is 0.105. The first-order valence-corrected chi connectivity index (χ1v) is 7.40. The van der Waals surface area contributed by atoms with Gasteiger partial charge in [-0.1, -0.05) is 24.3 Å². The molecule has 110 valence electrons. The lowest BCUT2D eigenvalue weighted by Gasteiger charge is -2.14. The molecule has 0 bridgehead atoms. The molecule has 1 saturated heterocycles. The van der Waals surface area contributed by atoms with Gasteiger partial charge in [0, 0.05) is 26.7 Å². The Kier molecular flexibility index (Phi) is 5.87. The van der Waals surface area contributed by atoms with E-state index < -0.39 is 0 Å². The van der Waals surface area contributed by atoms with Crippen LogP contribution >= 0.6 is 0 Å². The Labute approximate surface area is 121 Å². The van der Waals surface area contributed by atoms with E-state index in [1.54, 1.807) is 7.05 Å². The summed E-state index contributed by atoms with van der Waals surface area (Å²) in [4.78, 5) is 4.25. The molecule has 4 nitrogen and oxygen atoms in total. The first-order chi connectivity index (χ1) is 9.79. The minimum Gasteiger partial charge on any atom is -0.378 e. The highest BCUT2D eigenvalue weighted by Gasteiger charge is 2.14. The number of nitrogens with zero attached hydrogens (tertiary/aromatic N) is 1. The van der Waals surface area contributed by atoms with Crippen molar-refractivity contribution in [3.63, 3.8) is 0 Å². The van der Waals surface area contributed by atoms with Gasteiger partial charge in [-0.25, -0.2) is 0 Å². The van der Waals surface area contributed by atoms with E-state index in [2.05, 4.69) is 46.8 Å². The van der Waals surface area contributed by atoms with Crippen molar-refractivity contribution in [1.29, 1.82) is 0 Å². The summed E-state index contributed by atoms with van der Waals surface area (Å²) in [5, 5.41) is 6.69. The van der Waals surface area contributed by atoms with Crippen LogP contribution in [0.1, 0.15) is 30.4 Å². The van der Waals surface area contributed by atoms with E-state index in [1.807, 2.05) is 0 Å². The highest BCUT2D eigenvalue weighted by Crippen LogP contribution is 2.14. The number of benzene rings is 1. The van der Waals surface area contributed by atoms with Crippen LogP contribution in [0.3, 0.4) is 0 Å². The molecule has 1 aromatic rings. The smallest absolute Gasteiger partial charge is 0.191 e. The molecule has 0 spiro atoms. The largest absolute Gasteiger partial charge is 0.378 e. The Hall–Kier alpha value is -1.55. The molecule has 1 atom stereocenters. The lowest BCUT2D eigenvalue weighted by Crippen LogP contribution is -2.38. The molecular weight excluding hydrogens is 250 g/mol. The summed E-state index contributed by atoms with van der Waals surface area (Å²) in [5.41, 5.74) is 2.60. The maximum Gasteiger partial charge on any atom is 0.191 e. The molecule has 4 heteroatoms. The monoisotopic (exact) mass is 275 g/mol. The highest BCUT2D eigenvalue weighted by atomic mass is 16.5. The fourth-order valence-electron chi connectivity index (χ4n) is 2.43. The van der Waals surface area contributed by atoms with E-state index >= 15 is 0 Å². The summed E-state index contributed by atoms with van der Waals surface area (Å²) in [6, 6.07) is 8.40. The zero-order valence-corrected chi connectivity index (χ0v) is 12.5. The van der Waals surface area contributed by atoms with E-state index in [1.165, 1.54) is 24.0 Å². The Morgan fingerprint density at radius 2 is 2.20 bits per heavy atom. The standard InChI is InChI=1S/C16H25N3O/c1-13-6-3-4-7-14(13)12-19-16(17-2)18-10-9-15-8-5-11-20-15/h3-4,6-7,15H,5,8-12H2,1-2H3,(H2,17,18,19). The van der Waals surface area contributed by atoms with E-state index in [-0.39, 0.29) is 0 Å². The molecular formula is C16H25N3O. The van der Waals surface area contributed by atoms with Crippen molar-refractivity contribution in [1.82, 2.24) is 10.6 Å². The summed E-state index contributed by atoms with van der Waals surface area (Å²) < 4.78 is 5.61. The maximum atomic E-state index is 5.61. The van der Waals surface area contributed by atoms with Crippen LogP contribution in [0.25, 0.3) is 0 Å². The Balaban J connectivity index is 1.71. The van der Waals surface area contributed by atoms with Crippen LogP contribution in [-0.2, 0) is 11.3 Å². The van der Waals surface area contributed by atoms with Gasteiger partial charge >= 0.3 is 0 Å². The van der Waals surface area contributed by atoms with Crippen molar-refractivity contribution in [3.05, 3.63) is 35.4 Å². The van der Waals surface area contributed by atoms with Crippen molar-refractivity contribution in [2.45, 2.75) is 38.8 Å². The molecule has 1 aliphatic heterocycles. The number of ether oxygens (including phenoxy) is 1. The first kappa shape index (κ1) is 14.9. The van der Waals surface area contributed by atoms with Crippen LogP contribution in [-0.4, -0.2) is 32.3 Å². The average Bonchev–Trinajstić information content (AvgIpc) is 2.97. The molecule has 0 saturated carbocycles. The van der Waals surface area contributed by atoms with Gasteiger partial charge in [-0.3, -0.25) is 4.99 Å². The number of hydrogen-bond acceptors (Lipinski definition) is 2. The van der Waals surface area contributed by atoms with E-state index in [0.29, 0.717) is 6.10 Å². The van der Waals surface area contributed by atoms with Gasteiger partial charge in [-0.05, 0) is 37.3 Å². The van der Waals surface area contributed by atoms with Crippen LogP contribution in [0.5, 0.6) is 0 Å². The normalized spacial score (nSPS) is 19.1. The summed E-state index contributed by atoms with van der Waals surface area (Å²) in [7, 11) is 1.80. The SMILES string of the molecule is CN=C(NCCC1CCCO1)NCc1ccccc1C. The Morgan fingerprint density at radius 1 is 1.35 bits per heavy atom. The van der Waals surface area contributed by atoms with Crippen molar-refractivity contribution >= 4 is 5.96 Å². The minimum absolute atomic E-state index is 0.428. The Morgan fingerprint density at radius 3 is 2.90 bits per heavy atom. The number of aliphatic imine (C=N–C) groups is 1. The van der Waals surface area contributed by atoms with Crippen molar-refractivity contribution < 1.29 is 4.74 Å². The molecule has 0 amide bonds. The van der Waals surface area contributed by atoms with Gasteiger partial charge in [-0.2, -0.15) is 0 Å². The molecule has 2 rings (SSSR count). The van der Waals surface area contributed by atoms with E-state index in [9.17, 15) is 0 Å². The predicted molar refractivity (Wildman–Crippen MR) is 83.0 cm³/mol. The third kappa shape index (κ3) is 4.53. The second-order valence-corrected chi connectivity index (χ2v) is 5.20. The van der Waals surface area contributed by atoms with Gasteiger partial charge in [0.25, 0.3) is 0 Å². The average molecular weight is 275 g/mol. The highest BCUT2D eigenvalue weighted by molar-refractivity contribution is 5.79. The fraction of sp³-hybridized carbons (Fsp3) is 0.562. The Bertz CT molecular complexity index is 439. The minimum atomic E-state index is 0.428. The number of guanidine groups is 1. The van der Waals surface area contributed by atoms with Crippen LogP contribution in [0.15, 0.2) is 29.3 Å². The van der Waals surface area contributed by atoms with Crippen molar-refractivity contribution in [3.8, 4) is 0 Å². The van der Waals surface area contributed by atoms with Gasteiger partial charge < -0.3 is 15.4 Å². The van der Waals surface area contributed by atoms with Gasteiger partial charge in [0.05, 0.1) is 6.10 Å². The molecule has 2 N–H and O–H groups in total. The molecule has 1 aromatic carbocycles. The number of aryl methyl sites for hydroxylation is 1. The zero-order valence-electron chi connectivity index (χ0n) is 12.5. The van der Waals surface area contributed by atoms with Crippen molar-refractivity contribution in [2.24, 2.45) is 4.99 Å². The molecule has 1 heterocycles.